The summed E-state index contributed by atoms with van der Waals surface area (Å²) >= 11 is 2.60. The highest BCUT2D eigenvalue weighted by Gasteiger charge is 2.17. The summed E-state index contributed by atoms with van der Waals surface area (Å²) < 4.78 is 8.78. The van der Waals surface area contributed by atoms with Gasteiger partial charge >= 0.3 is 5.97 Å². The SMILES string of the molecule is CCn1c(Cc2cccn2C)nnc1SCC(=O)Nc1sccc1C(=O)OC. The van der Waals surface area contributed by atoms with Crippen LogP contribution in [0.25, 0.3) is 0 Å². The third-order valence-corrected chi connectivity index (χ3v) is 5.95. The minimum absolute atomic E-state index is 0.167. The minimum atomic E-state index is -0.472. The molecule has 148 valence electrons. The van der Waals surface area contributed by atoms with Gasteiger partial charge in [-0.05, 0) is 30.5 Å². The van der Waals surface area contributed by atoms with E-state index in [9.17, 15) is 9.59 Å². The van der Waals surface area contributed by atoms with Gasteiger partial charge in [-0.3, -0.25) is 4.79 Å². The predicted molar refractivity (Wildman–Crippen MR) is 109 cm³/mol. The Kier molecular flexibility index (Phi) is 6.53. The molecule has 28 heavy (non-hydrogen) atoms. The molecule has 0 bridgehead atoms. The molecule has 3 heterocycles. The molecule has 8 nitrogen and oxygen atoms in total. The van der Waals surface area contributed by atoms with E-state index in [-0.39, 0.29) is 11.7 Å². The van der Waals surface area contributed by atoms with Crippen molar-refractivity contribution in [2.45, 2.75) is 25.0 Å². The molecule has 0 unspecified atom stereocenters. The molecule has 1 N–H and O–H groups in total. The van der Waals surface area contributed by atoms with Crippen LogP contribution in [0.5, 0.6) is 0 Å². The normalized spacial score (nSPS) is 10.8. The number of ether oxygens (including phenoxy) is 1. The van der Waals surface area contributed by atoms with E-state index >= 15 is 0 Å². The first-order chi connectivity index (χ1) is 13.5. The molecule has 3 aromatic heterocycles. The van der Waals surface area contributed by atoms with Crippen molar-refractivity contribution < 1.29 is 14.3 Å². The summed E-state index contributed by atoms with van der Waals surface area (Å²) in [5.41, 5.74) is 1.50. The third kappa shape index (κ3) is 4.45. The monoisotopic (exact) mass is 419 g/mol. The zero-order valence-corrected chi connectivity index (χ0v) is 17.5. The van der Waals surface area contributed by atoms with Gasteiger partial charge in [0.05, 0.1) is 18.4 Å². The second-order valence-corrected chi connectivity index (χ2v) is 7.78. The highest BCUT2D eigenvalue weighted by Crippen LogP contribution is 2.25. The Morgan fingerprint density at radius 3 is 2.82 bits per heavy atom. The maximum atomic E-state index is 12.3. The van der Waals surface area contributed by atoms with Crippen LogP contribution in [0.15, 0.2) is 34.9 Å². The lowest BCUT2D eigenvalue weighted by atomic mass is 10.3. The number of aromatic nitrogens is 4. The fourth-order valence-electron chi connectivity index (χ4n) is 2.69. The number of thiophene rings is 1. The van der Waals surface area contributed by atoms with Crippen molar-refractivity contribution in [1.29, 1.82) is 0 Å². The second kappa shape index (κ2) is 9.07. The summed E-state index contributed by atoms with van der Waals surface area (Å²) in [4.78, 5) is 24.0. The van der Waals surface area contributed by atoms with Crippen molar-refractivity contribution >= 4 is 40.0 Å². The number of carbonyl (C=O) groups is 2. The average Bonchev–Trinajstić information content (AvgIpc) is 3.40. The number of aryl methyl sites for hydroxylation is 1. The fourth-order valence-corrected chi connectivity index (χ4v) is 4.30. The number of anilines is 1. The van der Waals surface area contributed by atoms with Crippen molar-refractivity contribution in [2.75, 3.05) is 18.2 Å². The minimum Gasteiger partial charge on any atom is -0.465 e. The van der Waals surface area contributed by atoms with Gasteiger partial charge in [-0.2, -0.15) is 0 Å². The molecule has 0 aliphatic heterocycles. The molecule has 0 aliphatic rings. The second-order valence-electron chi connectivity index (χ2n) is 5.92. The van der Waals surface area contributed by atoms with E-state index in [0.29, 0.717) is 28.7 Å². The lowest BCUT2D eigenvalue weighted by Crippen LogP contribution is -2.16. The van der Waals surface area contributed by atoms with Gasteiger partial charge in [0.15, 0.2) is 5.16 Å². The topological polar surface area (TPSA) is 91.0 Å². The lowest BCUT2D eigenvalue weighted by molar-refractivity contribution is -0.113. The average molecular weight is 420 g/mol. The third-order valence-electron chi connectivity index (χ3n) is 4.16. The maximum absolute atomic E-state index is 12.3. The molecule has 1 amide bonds. The van der Waals surface area contributed by atoms with Crippen molar-refractivity contribution in [2.24, 2.45) is 7.05 Å². The lowest BCUT2D eigenvalue weighted by Gasteiger charge is -2.08. The first-order valence-corrected chi connectivity index (χ1v) is 10.5. The van der Waals surface area contributed by atoms with E-state index in [1.165, 1.54) is 30.2 Å². The Labute approximate surface area is 170 Å². The molecule has 0 aliphatic carbocycles. The van der Waals surface area contributed by atoms with E-state index < -0.39 is 5.97 Å². The number of hydrogen-bond donors (Lipinski definition) is 1. The molecule has 0 radical (unpaired) electrons. The number of nitrogens with one attached hydrogen (secondary N) is 1. The largest absolute Gasteiger partial charge is 0.465 e. The van der Waals surface area contributed by atoms with Gasteiger partial charge in [-0.1, -0.05) is 11.8 Å². The van der Waals surface area contributed by atoms with E-state index in [2.05, 4.69) is 26.1 Å². The fraction of sp³-hybridized carbons (Fsp3) is 0.333. The van der Waals surface area contributed by atoms with Crippen LogP contribution in [0.3, 0.4) is 0 Å². The van der Waals surface area contributed by atoms with Crippen LogP contribution in [0.4, 0.5) is 5.00 Å². The highest BCUT2D eigenvalue weighted by molar-refractivity contribution is 7.99. The summed E-state index contributed by atoms with van der Waals surface area (Å²) in [7, 11) is 3.31. The van der Waals surface area contributed by atoms with E-state index in [1.54, 1.807) is 11.4 Å². The summed E-state index contributed by atoms with van der Waals surface area (Å²) in [6.07, 6.45) is 2.67. The molecule has 3 aromatic rings. The van der Waals surface area contributed by atoms with Gasteiger partial charge < -0.3 is 19.2 Å². The smallest absolute Gasteiger partial charge is 0.340 e. The number of thioether (sulfide) groups is 1. The van der Waals surface area contributed by atoms with Crippen molar-refractivity contribution in [3.8, 4) is 0 Å². The summed E-state index contributed by atoms with van der Waals surface area (Å²) in [5, 5.41) is 14.2. The van der Waals surface area contributed by atoms with Crippen LogP contribution in [0, 0.1) is 0 Å². The first-order valence-electron chi connectivity index (χ1n) is 8.64. The van der Waals surface area contributed by atoms with Crippen LogP contribution in [-0.4, -0.2) is 44.1 Å². The number of nitrogens with zero attached hydrogens (tertiary/aromatic N) is 4. The molecule has 10 heteroatoms. The van der Waals surface area contributed by atoms with Gasteiger partial charge in [0.25, 0.3) is 0 Å². The number of rotatable bonds is 8. The number of methoxy groups -OCH3 is 1. The van der Waals surface area contributed by atoms with Gasteiger partial charge in [0.2, 0.25) is 5.91 Å². The zero-order valence-electron chi connectivity index (χ0n) is 15.8. The predicted octanol–water partition coefficient (Wildman–Crippen LogP) is 2.81. The van der Waals surface area contributed by atoms with Crippen LogP contribution in [0.1, 0.15) is 28.8 Å². The Bertz CT molecular complexity index is 976. The highest BCUT2D eigenvalue weighted by atomic mass is 32.2. The van der Waals surface area contributed by atoms with Crippen molar-refractivity contribution in [3.63, 3.8) is 0 Å². The van der Waals surface area contributed by atoms with Gasteiger partial charge in [0, 0.05) is 31.9 Å². The summed E-state index contributed by atoms with van der Waals surface area (Å²) in [6.45, 7) is 2.74. The molecular formula is C18H21N5O3S2. The van der Waals surface area contributed by atoms with Crippen LogP contribution < -0.4 is 5.32 Å². The van der Waals surface area contributed by atoms with Crippen LogP contribution >= 0.6 is 23.1 Å². The van der Waals surface area contributed by atoms with Gasteiger partial charge in [0.1, 0.15) is 10.8 Å². The Morgan fingerprint density at radius 2 is 2.14 bits per heavy atom. The molecular weight excluding hydrogens is 398 g/mol. The van der Waals surface area contributed by atoms with Crippen molar-refractivity contribution in [1.82, 2.24) is 19.3 Å². The standard InChI is InChI=1S/C18H21N5O3S2/c1-4-23-14(10-12-6-5-8-22(12)2)20-21-18(23)28-11-15(24)19-16-13(7-9-27-16)17(25)26-3/h5-9H,4,10-11H2,1-3H3,(H,19,24). The maximum Gasteiger partial charge on any atom is 0.340 e. The van der Waals surface area contributed by atoms with Crippen LogP contribution in [-0.2, 0) is 29.5 Å². The van der Waals surface area contributed by atoms with Crippen LogP contribution in [0.2, 0.25) is 0 Å². The Morgan fingerprint density at radius 1 is 1.32 bits per heavy atom. The van der Waals surface area contributed by atoms with Gasteiger partial charge in [-0.15, -0.1) is 21.5 Å². The van der Waals surface area contributed by atoms with Crippen molar-refractivity contribution in [3.05, 3.63) is 46.9 Å². The van der Waals surface area contributed by atoms with Gasteiger partial charge in [-0.25, -0.2) is 4.79 Å². The molecule has 0 aromatic carbocycles. The molecule has 0 spiro atoms. The number of carbonyl (C=O) groups excluding carboxylic acids is 2. The molecule has 0 saturated carbocycles. The zero-order chi connectivity index (χ0) is 20.1. The number of hydrogen-bond acceptors (Lipinski definition) is 7. The number of esters is 1. The summed E-state index contributed by atoms with van der Waals surface area (Å²) in [6, 6.07) is 5.67. The molecule has 3 rings (SSSR count). The van der Waals surface area contributed by atoms with E-state index in [0.717, 1.165) is 11.5 Å². The molecule has 0 atom stereocenters. The summed E-state index contributed by atoms with van der Waals surface area (Å²) in [5.74, 6) is 0.340. The quantitative estimate of drug-likeness (QED) is 0.446. The van der Waals surface area contributed by atoms with E-state index in [1.807, 2.05) is 30.8 Å². The number of amides is 1. The Hall–Kier alpha value is -2.59. The Balaban J connectivity index is 1.63. The molecule has 0 saturated heterocycles. The molecule has 0 fully saturated rings. The first kappa shape index (κ1) is 20.2. The van der Waals surface area contributed by atoms with E-state index in [4.69, 9.17) is 4.74 Å².